The van der Waals surface area contributed by atoms with Crippen molar-refractivity contribution in [2.45, 2.75) is 23.2 Å². The first-order valence-electron chi connectivity index (χ1n) is 2.46. The van der Waals surface area contributed by atoms with Gasteiger partial charge >= 0.3 is 0 Å². The zero-order chi connectivity index (χ0) is 5.28. The Morgan fingerprint density at radius 3 is 2.43 bits per heavy atom. The Balaban J connectivity index is 2.33. The van der Waals surface area contributed by atoms with Gasteiger partial charge in [-0.15, -0.1) is 0 Å². The van der Waals surface area contributed by atoms with E-state index >= 15 is 0 Å². The Bertz CT molecular complexity index is 55.1. The minimum absolute atomic E-state index is 0.887. The van der Waals surface area contributed by atoms with Crippen LogP contribution in [-0.2, 0) is 0 Å². The van der Waals surface area contributed by atoms with Gasteiger partial charge in [-0.2, -0.15) is 0 Å². The molecule has 41 valence electrons. The van der Waals surface area contributed by atoms with E-state index in [4.69, 9.17) is 0 Å². The summed E-state index contributed by atoms with van der Waals surface area (Å²) in [5, 5.41) is 0. The highest BCUT2D eigenvalue weighted by Crippen LogP contribution is 2.38. The summed E-state index contributed by atoms with van der Waals surface area (Å²) in [7, 11) is 0. The molecule has 1 aliphatic carbocycles. The maximum atomic E-state index is 2.51. The highest BCUT2D eigenvalue weighted by molar-refractivity contribution is 14.1. The summed E-state index contributed by atoms with van der Waals surface area (Å²) >= 11 is 4.98. The summed E-state index contributed by atoms with van der Waals surface area (Å²) in [5.74, 6) is 0. The summed E-state index contributed by atoms with van der Waals surface area (Å²) in [6, 6.07) is 0. The van der Waals surface area contributed by atoms with E-state index in [9.17, 15) is 0 Å². The minimum Gasteiger partial charge on any atom is -0.0811 e. The van der Waals surface area contributed by atoms with Crippen LogP contribution >= 0.6 is 45.2 Å². The van der Waals surface area contributed by atoms with E-state index in [1.807, 2.05) is 0 Å². The second-order valence-corrected chi connectivity index (χ2v) is 4.70. The van der Waals surface area contributed by atoms with Crippen molar-refractivity contribution in [1.29, 1.82) is 0 Å². The number of hydrogen-bond donors (Lipinski definition) is 0. The zero-order valence-corrected chi connectivity index (χ0v) is 8.27. The van der Waals surface area contributed by atoms with Gasteiger partial charge in [-0.05, 0) is 12.8 Å². The molecule has 7 heavy (non-hydrogen) atoms. The number of hydrogen-bond acceptors (Lipinski definition) is 0. The summed E-state index contributed by atoms with van der Waals surface area (Å²) in [6.45, 7) is 0. The standard InChI is InChI=1S/C5H7I2/c6-4-2-1-3-5(4)7/h4H,1-3H2. The van der Waals surface area contributed by atoms with E-state index in [1.165, 1.54) is 19.3 Å². The van der Waals surface area contributed by atoms with Crippen LogP contribution in [0.4, 0.5) is 0 Å². The van der Waals surface area contributed by atoms with Crippen molar-refractivity contribution in [1.82, 2.24) is 0 Å². The van der Waals surface area contributed by atoms with E-state index in [0.29, 0.717) is 0 Å². The normalized spacial score (nSPS) is 34.3. The lowest BCUT2D eigenvalue weighted by Crippen LogP contribution is -1.92. The average molecular weight is 321 g/mol. The molecule has 0 saturated heterocycles. The van der Waals surface area contributed by atoms with Crippen LogP contribution in [0.1, 0.15) is 19.3 Å². The quantitative estimate of drug-likeness (QED) is 0.475. The van der Waals surface area contributed by atoms with Gasteiger partial charge in [0.1, 0.15) is 0 Å². The van der Waals surface area contributed by atoms with E-state index in [0.717, 1.165) is 3.92 Å². The topological polar surface area (TPSA) is 0 Å². The fraction of sp³-hybridized carbons (Fsp3) is 0.800. The molecule has 0 aliphatic heterocycles. The van der Waals surface area contributed by atoms with Gasteiger partial charge < -0.3 is 0 Å². The molecule has 1 atom stereocenters. The van der Waals surface area contributed by atoms with Gasteiger partial charge in [-0.1, -0.05) is 51.6 Å². The molecule has 0 nitrogen and oxygen atoms in total. The molecule has 1 saturated carbocycles. The van der Waals surface area contributed by atoms with Crippen molar-refractivity contribution in [3.63, 3.8) is 0 Å². The second-order valence-electron chi connectivity index (χ2n) is 1.81. The van der Waals surface area contributed by atoms with Crippen molar-refractivity contribution in [3.8, 4) is 0 Å². The Morgan fingerprint density at radius 2 is 2.29 bits per heavy atom. The second kappa shape index (κ2) is 2.85. The number of rotatable bonds is 0. The Hall–Kier alpha value is 1.46. The molecule has 0 heterocycles. The number of halogens is 2. The summed E-state index contributed by atoms with van der Waals surface area (Å²) in [5.41, 5.74) is 0. The molecule has 0 spiro atoms. The van der Waals surface area contributed by atoms with Gasteiger partial charge in [0, 0.05) is 7.85 Å². The van der Waals surface area contributed by atoms with Crippen molar-refractivity contribution in [3.05, 3.63) is 3.92 Å². The van der Waals surface area contributed by atoms with Crippen LogP contribution < -0.4 is 0 Å². The molecule has 1 radical (unpaired) electrons. The van der Waals surface area contributed by atoms with Gasteiger partial charge in [0.25, 0.3) is 0 Å². The summed E-state index contributed by atoms with van der Waals surface area (Å²) in [6.07, 6.45) is 4.21. The van der Waals surface area contributed by atoms with Crippen molar-refractivity contribution < 1.29 is 0 Å². The third-order valence-electron chi connectivity index (χ3n) is 1.21. The Kier molecular flexibility index (Phi) is 2.67. The van der Waals surface area contributed by atoms with Gasteiger partial charge in [0.15, 0.2) is 0 Å². The first-order valence-corrected chi connectivity index (χ1v) is 4.78. The monoisotopic (exact) mass is 321 g/mol. The third kappa shape index (κ3) is 1.69. The average Bonchev–Trinajstić information content (AvgIpc) is 1.91. The molecule has 0 aromatic rings. The molecule has 2 heteroatoms. The van der Waals surface area contributed by atoms with Gasteiger partial charge in [-0.25, -0.2) is 0 Å². The first-order chi connectivity index (χ1) is 3.30. The van der Waals surface area contributed by atoms with Gasteiger partial charge in [0.05, 0.1) is 0 Å². The molecular formula is C5H7I2. The van der Waals surface area contributed by atoms with Crippen LogP contribution in [0.15, 0.2) is 0 Å². The van der Waals surface area contributed by atoms with E-state index < -0.39 is 0 Å². The maximum absolute atomic E-state index is 2.51. The molecule has 0 amide bonds. The zero-order valence-electron chi connectivity index (χ0n) is 3.95. The Labute approximate surface area is 71.7 Å². The molecule has 0 aromatic carbocycles. The lowest BCUT2D eigenvalue weighted by molar-refractivity contribution is 0.902. The van der Waals surface area contributed by atoms with Gasteiger partial charge in [0.2, 0.25) is 0 Å². The van der Waals surface area contributed by atoms with E-state index in [2.05, 4.69) is 45.2 Å². The summed E-state index contributed by atoms with van der Waals surface area (Å²) < 4.78 is 2.55. The lowest BCUT2D eigenvalue weighted by atomic mass is 10.4. The molecule has 1 unspecified atom stereocenters. The molecule has 0 aromatic heterocycles. The SMILES string of the molecule is I[C]1CCCC1I. The van der Waals surface area contributed by atoms with Crippen LogP contribution in [0.3, 0.4) is 0 Å². The molecule has 1 rings (SSSR count). The summed E-state index contributed by atoms with van der Waals surface area (Å²) in [4.78, 5) is 0. The van der Waals surface area contributed by atoms with Crippen LogP contribution in [-0.4, -0.2) is 3.92 Å². The van der Waals surface area contributed by atoms with Crippen LogP contribution in [0.2, 0.25) is 0 Å². The van der Waals surface area contributed by atoms with Crippen molar-refractivity contribution >= 4 is 45.2 Å². The van der Waals surface area contributed by atoms with Gasteiger partial charge in [-0.3, -0.25) is 0 Å². The minimum atomic E-state index is 0.887. The fourth-order valence-electron chi connectivity index (χ4n) is 0.763. The predicted molar refractivity (Wildman–Crippen MR) is 48.9 cm³/mol. The Morgan fingerprint density at radius 1 is 1.57 bits per heavy atom. The predicted octanol–water partition coefficient (Wildman–Crippen LogP) is 2.94. The smallest absolute Gasteiger partial charge is 0.0495 e. The van der Waals surface area contributed by atoms with E-state index in [1.54, 1.807) is 3.92 Å². The highest BCUT2D eigenvalue weighted by Gasteiger charge is 2.21. The molecule has 0 N–H and O–H groups in total. The first kappa shape index (κ1) is 6.58. The van der Waals surface area contributed by atoms with Crippen LogP contribution in [0.5, 0.6) is 0 Å². The maximum Gasteiger partial charge on any atom is 0.0495 e. The van der Waals surface area contributed by atoms with E-state index in [-0.39, 0.29) is 0 Å². The van der Waals surface area contributed by atoms with Crippen LogP contribution in [0, 0.1) is 3.92 Å². The fourth-order valence-corrected chi connectivity index (χ4v) is 2.21. The molecular weight excluding hydrogens is 314 g/mol. The molecule has 1 aliphatic rings. The molecule has 1 fully saturated rings. The highest BCUT2D eigenvalue weighted by atomic mass is 127. The number of alkyl halides is 1. The van der Waals surface area contributed by atoms with Crippen molar-refractivity contribution in [2.75, 3.05) is 0 Å². The largest absolute Gasteiger partial charge is 0.0811 e. The molecule has 0 bridgehead atoms. The lowest BCUT2D eigenvalue weighted by Gasteiger charge is -1.99. The third-order valence-corrected chi connectivity index (χ3v) is 5.07. The van der Waals surface area contributed by atoms with Crippen LogP contribution in [0.25, 0.3) is 0 Å². The van der Waals surface area contributed by atoms with Crippen molar-refractivity contribution in [2.24, 2.45) is 0 Å².